The number of nitrogens with one attached hydrogen (secondary N) is 1. The lowest BCUT2D eigenvalue weighted by molar-refractivity contribution is -0.892. The number of para-hydroxylation sites is 1. The SMILES string of the molecule is C[NH+](Cc1nc2ccccc2s1)CN1C(=O)c2cccc3cccc1c23. The monoisotopic (exact) mass is 360 g/mol. The number of hydrogen-bond acceptors (Lipinski definition) is 3. The lowest BCUT2D eigenvalue weighted by atomic mass is 10.1. The Hall–Kier alpha value is -2.76. The summed E-state index contributed by atoms with van der Waals surface area (Å²) in [6.07, 6.45) is 0. The first-order chi connectivity index (χ1) is 12.7. The summed E-state index contributed by atoms with van der Waals surface area (Å²) in [6, 6.07) is 20.3. The van der Waals surface area contributed by atoms with E-state index in [1.807, 2.05) is 47.4 Å². The molecule has 2 heterocycles. The molecule has 26 heavy (non-hydrogen) atoms. The standard InChI is InChI=1S/C21H17N3OS/c1-23(12-19-22-16-9-2-3-11-18(16)26-19)13-24-17-10-5-7-14-6-4-8-15(20(14)17)21(24)25/h2-11H,12-13H2,1H3/p+1. The first-order valence-electron chi connectivity index (χ1n) is 8.70. The molecule has 0 saturated heterocycles. The Kier molecular flexibility index (Phi) is 3.51. The van der Waals surface area contributed by atoms with Gasteiger partial charge in [0.15, 0.2) is 6.67 Å². The maximum Gasteiger partial charge on any atom is 0.263 e. The minimum Gasteiger partial charge on any atom is -0.314 e. The Morgan fingerprint density at radius 1 is 1.04 bits per heavy atom. The van der Waals surface area contributed by atoms with E-state index in [9.17, 15) is 4.79 Å². The van der Waals surface area contributed by atoms with E-state index < -0.39 is 0 Å². The van der Waals surface area contributed by atoms with Crippen molar-refractivity contribution in [2.75, 3.05) is 18.6 Å². The minimum atomic E-state index is 0.0976. The van der Waals surface area contributed by atoms with Crippen LogP contribution in [0.5, 0.6) is 0 Å². The number of thiazole rings is 1. The average Bonchev–Trinajstić information content (AvgIpc) is 3.17. The van der Waals surface area contributed by atoms with E-state index in [4.69, 9.17) is 4.98 Å². The minimum absolute atomic E-state index is 0.0976. The molecule has 0 aliphatic carbocycles. The van der Waals surface area contributed by atoms with Gasteiger partial charge in [-0.3, -0.25) is 9.69 Å². The molecule has 1 aromatic heterocycles. The normalized spacial score (nSPS) is 14.5. The van der Waals surface area contributed by atoms with Gasteiger partial charge in [0.25, 0.3) is 5.91 Å². The molecule has 1 aliphatic rings. The number of benzene rings is 3. The van der Waals surface area contributed by atoms with Crippen molar-refractivity contribution in [2.45, 2.75) is 6.54 Å². The smallest absolute Gasteiger partial charge is 0.263 e. The zero-order valence-electron chi connectivity index (χ0n) is 14.4. The zero-order valence-corrected chi connectivity index (χ0v) is 15.2. The molecule has 5 heteroatoms. The molecule has 0 fully saturated rings. The molecule has 4 aromatic rings. The van der Waals surface area contributed by atoms with Crippen molar-refractivity contribution in [1.82, 2.24) is 4.98 Å². The van der Waals surface area contributed by atoms with Crippen LogP contribution in [0.3, 0.4) is 0 Å². The second-order valence-electron chi connectivity index (χ2n) is 6.78. The summed E-state index contributed by atoms with van der Waals surface area (Å²) in [6.45, 7) is 1.43. The van der Waals surface area contributed by atoms with Crippen LogP contribution in [0.25, 0.3) is 21.0 Å². The van der Waals surface area contributed by atoms with Gasteiger partial charge in [0.2, 0.25) is 0 Å². The van der Waals surface area contributed by atoms with Crippen molar-refractivity contribution in [1.29, 1.82) is 0 Å². The highest BCUT2D eigenvalue weighted by Crippen LogP contribution is 2.36. The van der Waals surface area contributed by atoms with Crippen LogP contribution in [-0.4, -0.2) is 24.6 Å². The third-order valence-corrected chi connectivity index (χ3v) is 5.90. The van der Waals surface area contributed by atoms with Crippen molar-refractivity contribution in [3.63, 3.8) is 0 Å². The predicted octanol–water partition coefficient (Wildman–Crippen LogP) is 3.08. The number of aromatic nitrogens is 1. The third kappa shape index (κ3) is 2.40. The number of hydrogen-bond donors (Lipinski definition) is 1. The summed E-state index contributed by atoms with van der Waals surface area (Å²) in [5.74, 6) is 0.0976. The third-order valence-electron chi connectivity index (χ3n) is 4.87. The van der Waals surface area contributed by atoms with E-state index in [0.29, 0.717) is 6.67 Å². The Labute approximate surface area is 155 Å². The van der Waals surface area contributed by atoms with Gasteiger partial charge in [-0.25, -0.2) is 4.98 Å². The molecule has 4 nitrogen and oxygen atoms in total. The lowest BCUT2D eigenvalue weighted by Crippen LogP contribution is -3.09. The van der Waals surface area contributed by atoms with E-state index in [-0.39, 0.29) is 5.91 Å². The number of anilines is 1. The fraction of sp³-hybridized carbons (Fsp3) is 0.143. The molecule has 0 bridgehead atoms. The summed E-state index contributed by atoms with van der Waals surface area (Å²) in [4.78, 5) is 20.8. The average molecular weight is 360 g/mol. The van der Waals surface area contributed by atoms with Crippen LogP contribution in [0.1, 0.15) is 15.4 Å². The molecular weight excluding hydrogens is 342 g/mol. The van der Waals surface area contributed by atoms with Crippen molar-refractivity contribution >= 4 is 43.9 Å². The molecule has 1 atom stereocenters. The summed E-state index contributed by atoms with van der Waals surface area (Å²) in [5.41, 5.74) is 2.88. The lowest BCUT2D eigenvalue weighted by Gasteiger charge is -2.21. The van der Waals surface area contributed by atoms with E-state index in [1.54, 1.807) is 11.3 Å². The predicted molar refractivity (Wildman–Crippen MR) is 106 cm³/mol. The van der Waals surface area contributed by atoms with Crippen LogP contribution < -0.4 is 9.80 Å². The topological polar surface area (TPSA) is 37.6 Å². The van der Waals surface area contributed by atoms with Gasteiger partial charge in [0.05, 0.1) is 28.5 Å². The van der Waals surface area contributed by atoms with Gasteiger partial charge in [-0.15, -0.1) is 11.3 Å². The second-order valence-corrected chi connectivity index (χ2v) is 7.90. The fourth-order valence-electron chi connectivity index (χ4n) is 3.72. The number of carbonyl (C=O) groups excluding carboxylic acids is 1. The van der Waals surface area contributed by atoms with Crippen LogP contribution >= 0.6 is 11.3 Å². The van der Waals surface area contributed by atoms with E-state index in [1.165, 1.54) is 9.60 Å². The molecule has 1 amide bonds. The van der Waals surface area contributed by atoms with E-state index >= 15 is 0 Å². The number of fused-ring (bicyclic) bond motifs is 1. The summed E-state index contributed by atoms with van der Waals surface area (Å²) >= 11 is 1.73. The Morgan fingerprint density at radius 3 is 2.69 bits per heavy atom. The quantitative estimate of drug-likeness (QED) is 0.607. The molecule has 0 saturated carbocycles. The summed E-state index contributed by atoms with van der Waals surface area (Å²) in [5, 5.41) is 3.30. The van der Waals surface area contributed by atoms with Crippen molar-refractivity contribution < 1.29 is 9.69 Å². The van der Waals surface area contributed by atoms with Crippen LogP contribution in [0.2, 0.25) is 0 Å². The van der Waals surface area contributed by atoms with Crippen LogP contribution in [-0.2, 0) is 6.54 Å². The van der Waals surface area contributed by atoms with Gasteiger partial charge < -0.3 is 4.90 Å². The van der Waals surface area contributed by atoms with Crippen molar-refractivity contribution in [3.8, 4) is 0 Å². The molecule has 1 aliphatic heterocycles. The van der Waals surface area contributed by atoms with E-state index in [0.717, 1.165) is 39.1 Å². The molecule has 1 unspecified atom stereocenters. The van der Waals surface area contributed by atoms with Crippen LogP contribution in [0, 0.1) is 0 Å². The molecular formula is C21H18N3OS+. The number of nitrogens with zero attached hydrogens (tertiary/aromatic N) is 2. The van der Waals surface area contributed by atoms with Gasteiger partial charge in [-0.05, 0) is 29.7 Å². The van der Waals surface area contributed by atoms with Crippen LogP contribution in [0.15, 0.2) is 60.7 Å². The Morgan fingerprint density at radius 2 is 1.85 bits per heavy atom. The molecule has 0 spiro atoms. The molecule has 5 rings (SSSR count). The highest BCUT2D eigenvalue weighted by Gasteiger charge is 2.31. The maximum absolute atomic E-state index is 12.9. The molecule has 128 valence electrons. The van der Waals surface area contributed by atoms with Gasteiger partial charge in [0, 0.05) is 5.39 Å². The van der Waals surface area contributed by atoms with E-state index in [2.05, 4.69) is 25.2 Å². The first kappa shape index (κ1) is 15.5. The summed E-state index contributed by atoms with van der Waals surface area (Å²) < 4.78 is 1.21. The molecule has 3 aromatic carbocycles. The first-order valence-corrected chi connectivity index (χ1v) is 9.52. The van der Waals surface area contributed by atoms with Gasteiger partial charge in [-0.1, -0.05) is 36.4 Å². The number of quaternary nitrogens is 1. The maximum atomic E-state index is 12.9. The fourth-order valence-corrected chi connectivity index (χ4v) is 4.80. The molecule has 0 radical (unpaired) electrons. The number of rotatable bonds is 4. The van der Waals surface area contributed by atoms with Gasteiger partial charge in [0.1, 0.15) is 11.6 Å². The van der Waals surface area contributed by atoms with Crippen molar-refractivity contribution in [2.24, 2.45) is 0 Å². The number of carbonyl (C=O) groups is 1. The summed E-state index contributed by atoms with van der Waals surface area (Å²) in [7, 11) is 2.11. The highest BCUT2D eigenvalue weighted by molar-refractivity contribution is 7.18. The Bertz CT molecular complexity index is 1110. The van der Waals surface area contributed by atoms with Crippen LogP contribution in [0.4, 0.5) is 5.69 Å². The number of amides is 1. The largest absolute Gasteiger partial charge is 0.314 e. The van der Waals surface area contributed by atoms with Gasteiger partial charge in [-0.2, -0.15) is 0 Å². The highest BCUT2D eigenvalue weighted by atomic mass is 32.1. The van der Waals surface area contributed by atoms with Crippen molar-refractivity contribution in [3.05, 3.63) is 71.2 Å². The second kappa shape index (κ2) is 5.90. The zero-order chi connectivity index (χ0) is 17.7. The molecule has 1 N–H and O–H groups in total. The van der Waals surface area contributed by atoms with Gasteiger partial charge >= 0.3 is 0 Å². The Balaban J connectivity index is 1.41.